The molecule has 0 saturated heterocycles. The summed E-state index contributed by atoms with van der Waals surface area (Å²) in [5, 5.41) is 17.6. The van der Waals surface area contributed by atoms with E-state index in [9.17, 15) is 14.4 Å². The zero-order valence-corrected chi connectivity index (χ0v) is 15.5. The smallest absolute Gasteiger partial charge is 0.341 e. The maximum atomic E-state index is 12.6. The second-order valence-corrected chi connectivity index (χ2v) is 5.91. The molecule has 0 amide bonds. The number of nitrogens with zero attached hydrogens (tertiary/aromatic N) is 1. The number of carboxylic acid groups (broad SMARTS) is 1. The Bertz CT molecular complexity index is 960. The fraction of sp³-hybridized carbons (Fsp3) is 0.250. The topological polar surface area (TPSA) is 115 Å². The van der Waals surface area contributed by atoms with Crippen molar-refractivity contribution in [2.75, 3.05) is 19.8 Å². The molecule has 0 atom stereocenters. The molecule has 0 unspecified atom stereocenters. The Morgan fingerprint density at radius 3 is 2.64 bits per heavy atom. The van der Waals surface area contributed by atoms with Crippen LogP contribution in [0.25, 0.3) is 6.08 Å². The van der Waals surface area contributed by atoms with Crippen molar-refractivity contribution in [2.24, 2.45) is 7.05 Å². The summed E-state index contributed by atoms with van der Waals surface area (Å²) in [6.07, 6.45) is 2.72. The zero-order valence-electron chi connectivity index (χ0n) is 15.5. The number of aliphatic hydroxyl groups excluding tert-OH is 1. The van der Waals surface area contributed by atoms with Gasteiger partial charge in [-0.05, 0) is 30.7 Å². The lowest BCUT2D eigenvalue weighted by Gasteiger charge is -2.12. The van der Waals surface area contributed by atoms with E-state index in [4.69, 9.17) is 19.7 Å². The number of rotatable bonds is 9. The zero-order chi connectivity index (χ0) is 20.7. The predicted octanol–water partition coefficient (Wildman–Crippen LogP) is 1.42. The average Bonchev–Trinajstić information content (AvgIpc) is 2.67. The van der Waals surface area contributed by atoms with Gasteiger partial charge in [0.1, 0.15) is 23.7 Å². The number of pyridine rings is 1. The lowest BCUT2D eigenvalue weighted by Crippen LogP contribution is -2.26. The van der Waals surface area contributed by atoms with Crippen LogP contribution in [0.4, 0.5) is 0 Å². The number of aliphatic carboxylic acids is 1. The third kappa shape index (κ3) is 5.31. The van der Waals surface area contributed by atoms with E-state index in [2.05, 4.69) is 0 Å². The van der Waals surface area contributed by atoms with Crippen LogP contribution in [0.5, 0.6) is 11.5 Å². The monoisotopic (exact) mass is 387 g/mol. The van der Waals surface area contributed by atoms with E-state index in [1.54, 1.807) is 44.3 Å². The van der Waals surface area contributed by atoms with Gasteiger partial charge in [-0.3, -0.25) is 9.59 Å². The molecule has 148 valence electrons. The third-order valence-electron chi connectivity index (χ3n) is 3.88. The van der Waals surface area contributed by atoms with Gasteiger partial charge < -0.3 is 24.3 Å². The van der Waals surface area contributed by atoms with Crippen LogP contribution in [0.15, 0.2) is 41.2 Å². The van der Waals surface area contributed by atoms with Crippen molar-refractivity contribution in [3.8, 4) is 11.5 Å². The molecule has 8 nitrogen and oxygen atoms in total. The van der Waals surface area contributed by atoms with Gasteiger partial charge in [0.25, 0.3) is 5.56 Å². The number of ketones is 1. The van der Waals surface area contributed by atoms with Crippen LogP contribution in [-0.4, -0.2) is 46.4 Å². The molecule has 0 aliphatic carbocycles. The van der Waals surface area contributed by atoms with Crippen LogP contribution in [0.3, 0.4) is 0 Å². The van der Waals surface area contributed by atoms with Crippen LogP contribution in [0, 0.1) is 6.92 Å². The minimum atomic E-state index is -1.10. The third-order valence-corrected chi connectivity index (χ3v) is 3.88. The van der Waals surface area contributed by atoms with Gasteiger partial charge in [-0.25, -0.2) is 4.79 Å². The molecule has 28 heavy (non-hydrogen) atoms. The average molecular weight is 387 g/mol. The summed E-state index contributed by atoms with van der Waals surface area (Å²) in [7, 11) is 1.55. The summed E-state index contributed by atoms with van der Waals surface area (Å²) in [5.41, 5.74) is 0.581. The molecule has 0 aliphatic heterocycles. The van der Waals surface area contributed by atoms with Gasteiger partial charge in [0.2, 0.25) is 0 Å². The molecule has 8 heteroatoms. The highest BCUT2D eigenvalue weighted by atomic mass is 16.5. The first-order chi connectivity index (χ1) is 13.3. The summed E-state index contributed by atoms with van der Waals surface area (Å²) in [4.78, 5) is 35.7. The van der Waals surface area contributed by atoms with E-state index >= 15 is 0 Å². The largest absolute Gasteiger partial charge is 0.490 e. The standard InChI is InChI=1S/C20H21NO7/c1-13-10-17(27-9-8-22)19(20(26)21(13)2)16(23)7-6-14-4-3-5-15(11-14)28-12-18(24)25/h3-7,10-11,22H,8-9,12H2,1-2H3,(H,24,25). The summed E-state index contributed by atoms with van der Waals surface area (Å²) in [6, 6.07) is 8.09. The van der Waals surface area contributed by atoms with Crippen molar-refractivity contribution in [3.63, 3.8) is 0 Å². The van der Waals surface area contributed by atoms with Crippen molar-refractivity contribution >= 4 is 17.8 Å². The number of hydrogen-bond donors (Lipinski definition) is 2. The Morgan fingerprint density at radius 2 is 1.96 bits per heavy atom. The highest BCUT2D eigenvalue weighted by Crippen LogP contribution is 2.19. The second kappa shape index (κ2) is 9.52. The van der Waals surface area contributed by atoms with Gasteiger partial charge in [-0.15, -0.1) is 0 Å². The van der Waals surface area contributed by atoms with Crippen LogP contribution in [0.2, 0.25) is 0 Å². The van der Waals surface area contributed by atoms with Crippen molar-refractivity contribution in [1.29, 1.82) is 0 Å². The number of carbonyl (C=O) groups is 2. The molecule has 2 N–H and O–H groups in total. The van der Waals surface area contributed by atoms with E-state index in [1.165, 1.54) is 16.7 Å². The Hall–Kier alpha value is -3.39. The lowest BCUT2D eigenvalue weighted by molar-refractivity contribution is -0.139. The molecular weight excluding hydrogens is 366 g/mol. The lowest BCUT2D eigenvalue weighted by atomic mass is 10.1. The number of allylic oxidation sites excluding steroid dienone is 1. The molecule has 1 aromatic heterocycles. The first-order valence-electron chi connectivity index (χ1n) is 8.45. The number of carbonyl (C=O) groups excluding carboxylic acids is 1. The first kappa shape index (κ1) is 20.9. The molecule has 2 aromatic rings. The number of aliphatic hydroxyl groups is 1. The van der Waals surface area contributed by atoms with Crippen LogP contribution < -0.4 is 15.0 Å². The van der Waals surface area contributed by atoms with E-state index < -0.39 is 23.9 Å². The molecule has 0 radical (unpaired) electrons. The van der Waals surface area contributed by atoms with Gasteiger partial charge in [-0.1, -0.05) is 18.2 Å². The number of hydrogen-bond acceptors (Lipinski definition) is 6. The van der Waals surface area contributed by atoms with Crippen molar-refractivity contribution in [2.45, 2.75) is 6.92 Å². The highest BCUT2D eigenvalue weighted by molar-refractivity contribution is 6.08. The summed E-state index contributed by atoms with van der Waals surface area (Å²) in [6.45, 7) is 0.942. The normalized spacial score (nSPS) is 10.8. The van der Waals surface area contributed by atoms with Crippen LogP contribution in [0.1, 0.15) is 21.6 Å². The maximum absolute atomic E-state index is 12.6. The molecule has 0 spiro atoms. The van der Waals surface area contributed by atoms with Gasteiger partial charge in [0, 0.05) is 18.8 Å². The van der Waals surface area contributed by atoms with E-state index in [-0.39, 0.29) is 24.5 Å². The maximum Gasteiger partial charge on any atom is 0.341 e. The Labute approximate surface area is 161 Å². The van der Waals surface area contributed by atoms with Gasteiger partial charge in [-0.2, -0.15) is 0 Å². The quantitative estimate of drug-likeness (QED) is 0.494. The van der Waals surface area contributed by atoms with E-state index in [0.29, 0.717) is 17.0 Å². The van der Waals surface area contributed by atoms with E-state index in [1.807, 2.05) is 0 Å². The predicted molar refractivity (Wildman–Crippen MR) is 102 cm³/mol. The number of ether oxygens (including phenoxy) is 2. The molecular formula is C20H21NO7. The number of carboxylic acids is 1. The van der Waals surface area contributed by atoms with Gasteiger partial charge in [0.05, 0.1) is 6.61 Å². The fourth-order valence-corrected chi connectivity index (χ4v) is 2.40. The highest BCUT2D eigenvalue weighted by Gasteiger charge is 2.18. The molecule has 2 rings (SSSR count). The minimum absolute atomic E-state index is 0.0421. The van der Waals surface area contributed by atoms with Gasteiger partial charge in [0.15, 0.2) is 12.4 Å². The fourth-order valence-electron chi connectivity index (χ4n) is 2.40. The van der Waals surface area contributed by atoms with Crippen molar-refractivity contribution in [1.82, 2.24) is 4.57 Å². The Balaban J connectivity index is 2.29. The number of benzene rings is 1. The molecule has 0 fully saturated rings. The summed E-state index contributed by atoms with van der Waals surface area (Å²) >= 11 is 0. The second-order valence-electron chi connectivity index (χ2n) is 5.91. The Kier molecular flexibility index (Phi) is 7.11. The van der Waals surface area contributed by atoms with E-state index in [0.717, 1.165) is 0 Å². The Morgan fingerprint density at radius 1 is 1.21 bits per heavy atom. The van der Waals surface area contributed by atoms with Crippen LogP contribution in [-0.2, 0) is 11.8 Å². The SMILES string of the molecule is Cc1cc(OCCO)c(C(=O)C=Cc2cccc(OCC(=O)O)c2)c(=O)n1C. The van der Waals surface area contributed by atoms with Crippen molar-refractivity contribution in [3.05, 3.63) is 63.6 Å². The number of aromatic nitrogens is 1. The summed E-state index contributed by atoms with van der Waals surface area (Å²) in [5.74, 6) is -1.19. The van der Waals surface area contributed by atoms with Crippen LogP contribution >= 0.6 is 0 Å². The summed E-state index contributed by atoms with van der Waals surface area (Å²) < 4.78 is 11.8. The molecule has 1 heterocycles. The molecule has 1 aromatic carbocycles. The van der Waals surface area contributed by atoms with Crippen molar-refractivity contribution < 1.29 is 29.3 Å². The van der Waals surface area contributed by atoms with Gasteiger partial charge >= 0.3 is 5.97 Å². The molecule has 0 bridgehead atoms. The minimum Gasteiger partial charge on any atom is -0.490 e. The molecule has 0 aliphatic rings. The number of aryl methyl sites for hydroxylation is 1. The first-order valence-corrected chi connectivity index (χ1v) is 8.45. The molecule has 0 saturated carbocycles.